The average molecular weight is 563 g/mol. The molecule has 1 atom stereocenters. The number of hydrogen-bond acceptors (Lipinski definition) is 8. The van der Waals surface area contributed by atoms with Crippen LogP contribution in [0.2, 0.25) is 0 Å². The first kappa shape index (κ1) is 25.9. The normalized spacial score (nSPS) is 16.1. The van der Waals surface area contributed by atoms with Crippen LogP contribution in [0.5, 0.6) is 11.5 Å². The molecular formula is C25H28BrFN4O5. The first-order valence-electron chi connectivity index (χ1n) is 11.4. The first-order valence-corrected chi connectivity index (χ1v) is 12.2. The highest BCUT2D eigenvalue weighted by atomic mass is 79.9. The molecule has 11 heteroatoms. The van der Waals surface area contributed by atoms with Crippen LogP contribution in [0.15, 0.2) is 41.1 Å². The molecule has 0 spiro atoms. The summed E-state index contributed by atoms with van der Waals surface area (Å²) in [6.45, 7) is 6.90. The summed E-state index contributed by atoms with van der Waals surface area (Å²) in [4.78, 5) is 22.7. The van der Waals surface area contributed by atoms with Gasteiger partial charge in [-0.05, 0) is 61.0 Å². The number of carbonyl (C=O) groups excluding carboxylic acids is 1. The van der Waals surface area contributed by atoms with Gasteiger partial charge < -0.3 is 29.2 Å². The molecule has 1 fully saturated rings. The van der Waals surface area contributed by atoms with Crippen LogP contribution in [0.4, 0.5) is 20.7 Å². The van der Waals surface area contributed by atoms with Crippen molar-refractivity contribution in [2.45, 2.75) is 32.5 Å². The zero-order valence-corrected chi connectivity index (χ0v) is 22.1. The molecule has 3 aromatic rings. The van der Waals surface area contributed by atoms with E-state index in [1.54, 1.807) is 29.2 Å². The van der Waals surface area contributed by atoms with E-state index in [9.17, 15) is 9.18 Å². The molecule has 1 N–H and O–H groups in total. The Hall–Kier alpha value is -3.18. The van der Waals surface area contributed by atoms with E-state index in [2.05, 4.69) is 31.2 Å². The van der Waals surface area contributed by atoms with Crippen molar-refractivity contribution in [1.29, 1.82) is 0 Å². The Labute approximate surface area is 217 Å². The highest BCUT2D eigenvalue weighted by Gasteiger charge is 2.28. The maximum atomic E-state index is 14.0. The minimum Gasteiger partial charge on any atom is -0.493 e. The van der Waals surface area contributed by atoms with Crippen molar-refractivity contribution in [3.05, 3.63) is 46.9 Å². The molecule has 9 nitrogen and oxygen atoms in total. The molecule has 1 amide bonds. The molecule has 192 valence electrons. The number of ether oxygens (including phenoxy) is 4. The van der Waals surface area contributed by atoms with E-state index in [-0.39, 0.29) is 24.6 Å². The Morgan fingerprint density at radius 1 is 1.25 bits per heavy atom. The quantitative estimate of drug-likeness (QED) is 0.432. The van der Waals surface area contributed by atoms with Crippen LogP contribution >= 0.6 is 15.9 Å². The third-order valence-electron chi connectivity index (χ3n) is 5.32. The zero-order valence-electron chi connectivity index (χ0n) is 20.5. The Kier molecular flexibility index (Phi) is 7.79. The van der Waals surface area contributed by atoms with Gasteiger partial charge >= 0.3 is 6.09 Å². The van der Waals surface area contributed by atoms with Crippen molar-refractivity contribution in [2.24, 2.45) is 0 Å². The third-order valence-corrected chi connectivity index (χ3v) is 5.96. The molecule has 4 rings (SSSR count). The van der Waals surface area contributed by atoms with Gasteiger partial charge in [0.05, 0.1) is 30.3 Å². The molecule has 0 bridgehead atoms. The van der Waals surface area contributed by atoms with E-state index in [0.29, 0.717) is 58.1 Å². The number of hydrogen-bond donors (Lipinski definition) is 1. The van der Waals surface area contributed by atoms with Crippen LogP contribution in [0.1, 0.15) is 20.8 Å². The lowest BCUT2D eigenvalue weighted by Gasteiger charge is -2.34. The molecule has 1 aliphatic rings. The summed E-state index contributed by atoms with van der Waals surface area (Å²) >= 11 is 3.15. The van der Waals surface area contributed by atoms with Crippen molar-refractivity contribution >= 4 is 44.4 Å². The Morgan fingerprint density at radius 2 is 2.06 bits per heavy atom. The Bertz CT molecular complexity index is 1250. The molecule has 0 radical (unpaired) electrons. The van der Waals surface area contributed by atoms with E-state index in [1.165, 1.54) is 19.5 Å². The second-order valence-corrected chi connectivity index (χ2v) is 10.1. The second kappa shape index (κ2) is 10.8. The maximum absolute atomic E-state index is 14.0. The average Bonchev–Trinajstić information content (AvgIpc) is 2.84. The van der Waals surface area contributed by atoms with Crippen molar-refractivity contribution in [1.82, 2.24) is 14.9 Å². The molecule has 0 aliphatic carbocycles. The van der Waals surface area contributed by atoms with E-state index in [4.69, 9.17) is 18.9 Å². The summed E-state index contributed by atoms with van der Waals surface area (Å²) in [5.41, 5.74) is 0.584. The van der Waals surface area contributed by atoms with Crippen molar-refractivity contribution in [3.8, 4) is 11.5 Å². The minimum atomic E-state index is -0.569. The number of aromatic nitrogens is 2. The van der Waals surface area contributed by atoms with Gasteiger partial charge in [0.1, 0.15) is 36.3 Å². The van der Waals surface area contributed by atoms with Crippen molar-refractivity contribution in [3.63, 3.8) is 0 Å². The first-order chi connectivity index (χ1) is 17.1. The number of nitrogens with zero attached hydrogens (tertiary/aromatic N) is 3. The fourth-order valence-corrected chi connectivity index (χ4v) is 3.89. The lowest BCUT2D eigenvalue weighted by Crippen LogP contribution is -2.49. The zero-order chi connectivity index (χ0) is 25.9. The maximum Gasteiger partial charge on any atom is 0.410 e. The number of methoxy groups -OCH3 is 1. The molecule has 0 unspecified atom stereocenters. The predicted octanol–water partition coefficient (Wildman–Crippen LogP) is 5.30. The molecule has 1 aromatic heterocycles. The molecule has 0 saturated carbocycles. The Morgan fingerprint density at radius 3 is 2.78 bits per heavy atom. The molecular weight excluding hydrogens is 535 g/mol. The van der Waals surface area contributed by atoms with Gasteiger partial charge in [-0.3, -0.25) is 0 Å². The number of amides is 1. The number of rotatable bonds is 6. The molecule has 36 heavy (non-hydrogen) atoms. The fourth-order valence-electron chi connectivity index (χ4n) is 3.64. The van der Waals surface area contributed by atoms with Crippen LogP contribution < -0.4 is 14.8 Å². The largest absolute Gasteiger partial charge is 0.493 e. The van der Waals surface area contributed by atoms with Gasteiger partial charge in [-0.1, -0.05) is 0 Å². The standard InChI is InChI=1S/C25H28BrFN4O5/c1-25(2,3)36-24(32)31-7-8-34-16(12-31)13-35-22-11-20-17(10-21(22)33-4)23(29-14-28-20)30-15-5-6-18(26)19(27)9-15/h5-6,9-11,14,16H,7-8,12-13H2,1-4H3,(H,28,29,30)/t16-/m0/s1. The number of benzene rings is 2. The van der Waals surface area contributed by atoms with Gasteiger partial charge in [0.15, 0.2) is 11.5 Å². The van der Waals surface area contributed by atoms with Crippen LogP contribution in [-0.4, -0.2) is 66.1 Å². The third kappa shape index (κ3) is 6.33. The van der Waals surface area contributed by atoms with Gasteiger partial charge in [0, 0.05) is 23.7 Å². The summed E-state index contributed by atoms with van der Waals surface area (Å²) in [6, 6.07) is 8.23. The van der Waals surface area contributed by atoms with Crippen LogP contribution in [0.25, 0.3) is 10.9 Å². The Balaban J connectivity index is 1.49. The van der Waals surface area contributed by atoms with Gasteiger partial charge in [-0.15, -0.1) is 0 Å². The van der Waals surface area contributed by atoms with Crippen LogP contribution in [0, 0.1) is 5.82 Å². The number of anilines is 2. The van der Waals surface area contributed by atoms with Crippen molar-refractivity contribution in [2.75, 3.05) is 38.7 Å². The highest BCUT2D eigenvalue weighted by molar-refractivity contribution is 9.10. The van der Waals surface area contributed by atoms with Crippen LogP contribution in [-0.2, 0) is 9.47 Å². The number of fused-ring (bicyclic) bond motifs is 1. The molecule has 1 aliphatic heterocycles. The van der Waals surface area contributed by atoms with Crippen LogP contribution in [0.3, 0.4) is 0 Å². The summed E-state index contributed by atoms with van der Waals surface area (Å²) in [6.07, 6.45) is 0.710. The van der Waals surface area contributed by atoms with E-state index in [0.717, 1.165) is 0 Å². The number of carbonyl (C=O) groups is 1. The van der Waals surface area contributed by atoms with Gasteiger partial charge in [-0.25, -0.2) is 19.2 Å². The van der Waals surface area contributed by atoms with Gasteiger partial charge in [0.25, 0.3) is 0 Å². The van der Waals surface area contributed by atoms with E-state index in [1.807, 2.05) is 20.8 Å². The smallest absolute Gasteiger partial charge is 0.410 e. The second-order valence-electron chi connectivity index (χ2n) is 9.23. The summed E-state index contributed by atoms with van der Waals surface area (Å²) < 4.78 is 37.2. The minimum absolute atomic E-state index is 0.204. The monoisotopic (exact) mass is 562 g/mol. The highest BCUT2D eigenvalue weighted by Crippen LogP contribution is 2.35. The number of morpholine rings is 1. The lowest BCUT2D eigenvalue weighted by molar-refractivity contribution is -0.0558. The fraction of sp³-hybridized carbons (Fsp3) is 0.400. The summed E-state index contributed by atoms with van der Waals surface area (Å²) in [5.74, 6) is 1.06. The molecule has 2 aromatic carbocycles. The van der Waals surface area contributed by atoms with Gasteiger partial charge in [-0.2, -0.15) is 0 Å². The topological polar surface area (TPSA) is 95.0 Å². The number of halogens is 2. The molecule has 1 saturated heterocycles. The SMILES string of the molecule is COc1cc2c(Nc3ccc(Br)c(F)c3)ncnc2cc1OC[C@@H]1CN(C(=O)OC(C)(C)C)CCO1. The van der Waals surface area contributed by atoms with Crippen molar-refractivity contribution < 1.29 is 28.1 Å². The summed E-state index contributed by atoms with van der Waals surface area (Å²) in [7, 11) is 1.54. The van der Waals surface area contributed by atoms with E-state index < -0.39 is 5.60 Å². The lowest BCUT2D eigenvalue weighted by atomic mass is 10.2. The summed E-state index contributed by atoms with van der Waals surface area (Å²) in [5, 5.41) is 3.80. The number of nitrogens with one attached hydrogen (secondary N) is 1. The van der Waals surface area contributed by atoms with Gasteiger partial charge in [0.2, 0.25) is 0 Å². The predicted molar refractivity (Wildman–Crippen MR) is 137 cm³/mol. The van der Waals surface area contributed by atoms with E-state index >= 15 is 0 Å². The molecule has 2 heterocycles.